The lowest BCUT2D eigenvalue weighted by Gasteiger charge is -2.16. The Kier molecular flexibility index (Phi) is 7.77. The van der Waals surface area contributed by atoms with Gasteiger partial charge in [-0.2, -0.15) is 0 Å². The Balaban J connectivity index is 2.36. The van der Waals surface area contributed by atoms with E-state index in [1.54, 1.807) is 0 Å². The summed E-state index contributed by atoms with van der Waals surface area (Å²) in [4.78, 5) is 11.6. The highest BCUT2D eigenvalue weighted by Crippen LogP contribution is 2.26. The van der Waals surface area contributed by atoms with Crippen LogP contribution in [0.1, 0.15) is 38.8 Å². The molecule has 0 aliphatic heterocycles. The molecule has 1 amide bonds. The maximum Gasteiger partial charge on any atom is 0.221 e. The van der Waals surface area contributed by atoms with Gasteiger partial charge in [0.05, 0.1) is 0 Å². The van der Waals surface area contributed by atoms with Gasteiger partial charge in [-0.1, -0.05) is 51.8 Å². The molecule has 2 N–H and O–H groups in total. The van der Waals surface area contributed by atoms with Gasteiger partial charge in [-0.25, -0.2) is 0 Å². The average Bonchev–Trinajstić information content (AvgIpc) is 2.36. The molecule has 0 saturated carbocycles. The maximum absolute atomic E-state index is 11.6. The van der Waals surface area contributed by atoms with E-state index < -0.39 is 0 Å². The highest BCUT2D eigenvalue weighted by atomic mass is 79.9. The molecule has 1 aromatic rings. The lowest BCUT2D eigenvalue weighted by molar-refractivity contribution is -0.121. The van der Waals surface area contributed by atoms with Gasteiger partial charge in [0.25, 0.3) is 0 Å². The van der Waals surface area contributed by atoms with Gasteiger partial charge in [-0.05, 0) is 30.5 Å². The molecule has 0 bridgehead atoms. The second-order valence-corrected chi connectivity index (χ2v) is 7.06. The summed E-state index contributed by atoms with van der Waals surface area (Å²) in [5.74, 6) is 0.595. The predicted molar refractivity (Wildman–Crippen MR) is 90.7 cm³/mol. The molecule has 3 nitrogen and oxygen atoms in total. The Morgan fingerprint density at radius 2 is 1.95 bits per heavy atom. The lowest BCUT2D eigenvalue weighted by Crippen LogP contribution is -2.31. The molecular weight excluding hydrogens is 384 g/mol. The minimum absolute atomic E-state index is 0.105. The highest BCUT2D eigenvalue weighted by molar-refractivity contribution is 9.11. The minimum atomic E-state index is 0.105. The van der Waals surface area contributed by atoms with E-state index in [1.165, 1.54) is 5.56 Å². The molecule has 20 heavy (non-hydrogen) atoms. The van der Waals surface area contributed by atoms with Crippen molar-refractivity contribution in [2.24, 2.45) is 5.92 Å². The van der Waals surface area contributed by atoms with Gasteiger partial charge < -0.3 is 10.6 Å². The molecule has 5 heteroatoms. The van der Waals surface area contributed by atoms with Crippen LogP contribution in [0.15, 0.2) is 27.1 Å². The van der Waals surface area contributed by atoms with E-state index in [0.717, 1.165) is 15.5 Å². The summed E-state index contributed by atoms with van der Waals surface area (Å²) in [6, 6.07) is 6.33. The van der Waals surface area contributed by atoms with Crippen LogP contribution in [0.2, 0.25) is 0 Å². The van der Waals surface area contributed by atoms with E-state index in [9.17, 15) is 4.79 Å². The molecule has 1 aromatic carbocycles. The molecule has 0 aromatic heterocycles. The fourth-order valence-corrected chi connectivity index (χ4v) is 3.16. The van der Waals surface area contributed by atoms with Gasteiger partial charge in [-0.3, -0.25) is 4.79 Å². The van der Waals surface area contributed by atoms with Crippen molar-refractivity contribution in [2.75, 3.05) is 13.1 Å². The van der Waals surface area contributed by atoms with Crippen LogP contribution in [0.3, 0.4) is 0 Å². The van der Waals surface area contributed by atoms with Crippen molar-refractivity contribution in [1.82, 2.24) is 10.6 Å². The van der Waals surface area contributed by atoms with Crippen molar-refractivity contribution in [3.63, 3.8) is 0 Å². The summed E-state index contributed by atoms with van der Waals surface area (Å²) >= 11 is 7.00. The van der Waals surface area contributed by atoms with Crippen LogP contribution < -0.4 is 10.6 Å². The van der Waals surface area contributed by atoms with Crippen molar-refractivity contribution < 1.29 is 4.79 Å². The molecule has 0 fully saturated rings. The van der Waals surface area contributed by atoms with Gasteiger partial charge in [-0.15, -0.1) is 0 Å². The Labute approximate surface area is 138 Å². The van der Waals surface area contributed by atoms with Crippen LogP contribution in [-0.2, 0) is 4.79 Å². The van der Waals surface area contributed by atoms with Crippen molar-refractivity contribution in [2.45, 2.75) is 33.2 Å². The first-order valence-electron chi connectivity index (χ1n) is 6.85. The Bertz CT molecular complexity index is 449. The van der Waals surface area contributed by atoms with Crippen molar-refractivity contribution in [3.05, 3.63) is 32.7 Å². The van der Waals surface area contributed by atoms with Crippen LogP contribution in [0.4, 0.5) is 0 Å². The lowest BCUT2D eigenvalue weighted by atomic mass is 10.1. The Morgan fingerprint density at radius 3 is 2.55 bits per heavy atom. The molecular formula is C15H22Br2N2O. The number of hydrogen-bond donors (Lipinski definition) is 2. The smallest absolute Gasteiger partial charge is 0.221 e. The predicted octanol–water partition coefficient (Wildman–Crippen LogP) is 4.02. The minimum Gasteiger partial charge on any atom is -0.356 e. The number of halogens is 2. The zero-order valence-corrected chi connectivity index (χ0v) is 15.3. The number of benzene rings is 1. The van der Waals surface area contributed by atoms with Gasteiger partial charge in [0, 0.05) is 34.5 Å². The molecule has 1 atom stereocenters. The monoisotopic (exact) mass is 404 g/mol. The van der Waals surface area contributed by atoms with Crippen LogP contribution >= 0.6 is 31.9 Å². The second-order valence-electron chi connectivity index (χ2n) is 5.29. The first kappa shape index (κ1) is 17.7. The van der Waals surface area contributed by atoms with Gasteiger partial charge in [0.2, 0.25) is 5.91 Å². The largest absolute Gasteiger partial charge is 0.356 e. The standard InChI is InChI=1S/C15H22Br2N2O/c1-10(2)9-19-15(20)6-7-18-11(3)13-5-4-12(16)8-14(13)17/h4-5,8,10-11,18H,6-7,9H2,1-3H3,(H,19,20). The molecule has 0 radical (unpaired) electrons. The molecule has 1 unspecified atom stereocenters. The Hall–Kier alpha value is -0.390. The summed E-state index contributed by atoms with van der Waals surface area (Å²) in [5.41, 5.74) is 1.19. The number of amides is 1. The summed E-state index contributed by atoms with van der Waals surface area (Å²) in [7, 11) is 0. The van der Waals surface area contributed by atoms with Crippen molar-refractivity contribution in [1.29, 1.82) is 0 Å². The van der Waals surface area contributed by atoms with E-state index in [0.29, 0.717) is 18.9 Å². The van der Waals surface area contributed by atoms with E-state index in [2.05, 4.69) is 69.3 Å². The van der Waals surface area contributed by atoms with E-state index in [1.807, 2.05) is 12.1 Å². The SMILES string of the molecule is CC(C)CNC(=O)CCNC(C)c1ccc(Br)cc1Br. The first-order chi connectivity index (χ1) is 9.40. The molecule has 0 heterocycles. The molecule has 0 aliphatic carbocycles. The highest BCUT2D eigenvalue weighted by Gasteiger charge is 2.10. The molecule has 0 aliphatic rings. The number of carbonyl (C=O) groups is 1. The van der Waals surface area contributed by atoms with Gasteiger partial charge >= 0.3 is 0 Å². The number of nitrogens with one attached hydrogen (secondary N) is 2. The first-order valence-corrected chi connectivity index (χ1v) is 8.43. The summed E-state index contributed by atoms with van der Waals surface area (Å²) in [6.07, 6.45) is 0.505. The quantitative estimate of drug-likeness (QED) is 0.719. The van der Waals surface area contributed by atoms with E-state index in [-0.39, 0.29) is 11.9 Å². The number of hydrogen-bond acceptors (Lipinski definition) is 2. The van der Waals surface area contributed by atoms with Gasteiger partial charge in [0.1, 0.15) is 0 Å². The van der Waals surface area contributed by atoms with Crippen LogP contribution in [0, 0.1) is 5.92 Å². The zero-order valence-electron chi connectivity index (χ0n) is 12.2. The zero-order chi connectivity index (χ0) is 15.1. The number of carbonyl (C=O) groups excluding carboxylic acids is 1. The maximum atomic E-state index is 11.6. The average molecular weight is 406 g/mol. The number of rotatable bonds is 7. The topological polar surface area (TPSA) is 41.1 Å². The summed E-state index contributed by atoms with van der Waals surface area (Å²) < 4.78 is 2.12. The molecule has 0 saturated heterocycles. The summed E-state index contributed by atoms with van der Waals surface area (Å²) in [5, 5.41) is 6.29. The van der Waals surface area contributed by atoms with Crippen LogP contribution in [0.25, 0.3) is 0 Å². The normalized spacial score (nSPS) is 12.5. The molecule has 1 rings (SSSR count). The second kappa shape index (κ2) is 8.80. The van der Waals surface area contributed by atoms with Crippen molar-refractivity contribution in [3.8, 4) is 0 Å². The fraction of sp³-hybridized carbons (Fsp3) is 0.533. The van der Waals surface area contributed by atoms with Gasteiger partial charge in [0.15, 0.2) is 0 Å². The Morgan fingerprint density at radius 1 is 1.25 bits per heavy atom. The molecule has 0 spiro atoms. The summed E-state index contributed by atoms with van der Waals surface area (Å²) in [6.45, 7) is 7.69. The van der Waals surface area contributed by atoms with E-state index >= 15 is 0 Å². The third-order valence-corrected chi connectivity index (χ3v) is 4.12. The fourth-order valence-electron chi connectivity index (χ4n) is 1.77. The van der Waals surface area contributed by atoms with E-state index in [4.69, 9.17) is 0 Å². The van der Waals surface area contributed by atoms with Crippen LogP contribution in [-0.4, -0.2) is 19.0 Å². The molecule has 112 valence electrons. The van der Waals surface area contributed by atoms with Crippen molar-refractivity contribution >= 4 is 37.8 Å². The van der Waals surface area contributed by atoms with Crippen LogP contribution in [0.5, 0.6) is 0 Å². The third kappa shape index (κ3) is 6.37. The third-order valence-electron chi connectivity index (χ3n) is 2.94.